The molecule has 0 spiro atoms. The number of aliphatic hydroxyl groups is 4. The highest BCUT2D eigenvalue weighted by atomic mass is 16.5. The van der Waals surface area contributed by atoms with Gasteiger partial charge in [0, 0.05) is 12.0 Å². The normalized spacial score (nSPS) is 27.8. The standard InChI is InChI=1S/C37H66O8/c1-3-4-5-6-7-8-12-15-18-31(39)35-23-24-36(45-35)33(41)21-20-32(40)34-22-19-30(44-34)17-14-11-9-10-13-16-29(38)26-28-25-27(2)43-37(28)42/h25,27,29-36,38-41H,3-24,26H2,1-2H3/t27-,29-,30-,31-,32+,33+,34+,35+,36+/m1/s1. The maximum absolute atomic E-state index is 11.7. The molecule has 3 rings (SSSR count). The van der Waals surface area contributed by atoms with Crippen molar-refractivity contribution in [1.82, 2.24) is 0 Å². The number of carbonyl (C=O) groups is 1. The average molecular weight is 639 g/mol. The largest absolute Gasteiger partial charge is 0.455 e. The van der Waals surface area contributed by atoms with Gasteiger partial charge in [-0.15, -0.1) is 0 Å². The van der Waals surface area contributed by atoms with Crippen LogP contribution >= 0.6 is 0 Å². The molecule has 262 valence electrons. The van der Waals surface area contributed by atoms with Crippen LogP contribution in [0, 0.1) is 0 Å². The van der Waals surface area contributed by atoms with Crippen LogP contribution < -0.4 is 0 Å². The SMILES string of the molecule is CCCCCCCCCC[C@@H](O)[C@@H]1CC[C@@H]([C@@H](O)CC[C@H](O)[C@@H]2CC[C@@H](CCCCCCC[C@@H](O)CC3=C[C@@H](C)OC3=O)O2)O1. The first-order valence-corrected chi connectivity index (χ1v) is 18.7. The van der Waals surface area contributed by atoms with Crippen molar-refractivity contribution in [3.8, 4) is 0 Å². The number of ether oxygens (including phenoxy) is 3. The van der Waals surface area contributed by atoms with E-state index in [4.69, 9.17) is 14.2 Å². The summed E-state index contributed by atoms with van der Waals surface area (Å²) in [5, 5.41) is 42.4. The summed E-state index contributed by atoms with van der Waals surface area (Å²) in [6, 6.07) is 0. The first-order valence-electron chi connectivity index (χ1n) is 18.7. The van der Waals surface area contributed by atoms with E-state index in [1.54, 1.807) is 6.08 Å². The molecule has 45 heavy (non-hydrogen) atoms. The van der Waals surface area contributed by atoms with Gasteiger partial charge < -0.3 is 34.6 Å². The van der Waals surface area contributed by atoms with Gasteiger partial charge in [-0.2, -0.15) is 0 Å². The van der Waals surface area contributed by atoms with E-state index in [0.717, 1.165) is 83.5 Å². The van der Waals surface area contributed by atoms with Crippen molar-refractivity contribution in [3.05, 3.63) is 11.6 Å². The Hall–Kier alpha value is -1.03. The van der Waals surface area contributed by atoms with Gasteiger partial charge >= 0.3 is 5.97 Å². The third kappa shape index (κ3) is 14.7. The van der Waals surface area contributed by atoms with Gasteiger partial charge in [0.1, 0.15) is 6.10 Å². The second-order valence-electron chi connectivity index (χ2n) is 14.2. The summed E-state index contributed by atoms with van der Waals surface area (Å²) < 4.78 is 17.3. The monoisotopic (exact) mass is 638 g/mol. The summed E-state index contributed by atoms with van der Waals surface area (Å²) >= 11 is 0. The fraction of sp³-hybridized carbons (Fsp3) is 0.919. The summed E-state index contributed by atoms with van der Waals surface area (Å²) in [5.74, 6) is -0.295. The van der Waals surface area contributed by atoms with Crippen LogP contribution in [-0.2, 0) is 19.0 Å². The molecule has 0 aromatic rings. The Bertz CT molecular complexity index is 833. The predicted octanol–water partition coefficient (Wildman–Crippen LogP) is 6.83. The van der Waals surface area contributed by atoms with Crippen LogP contribution in [0.2, 0.25) is 0 Å². The molecule has 3 aliphatic rings. The molecule has 3 heterocycles. The minimum absolute atomic E-state index is 0.162. The molecule has 0 unspecified atom stereocenters. The smallest absolute Gasteiger partial charge is 0.334 e. The lowest BCUT2D eigenvalue weighted by molar-refractivity contribution is -0.139. The van der Waals surface area contributed by atoms with Crippen LogP contribution in [0.1, 0.15) is 162 Å². The molecule has 0 aliphatic carbocycles. The highest BCUT2D eigenvalue weighted by Gasteiger charge is 2.36. The summed E-state index contributed by atoms with van der Waals surface area (Å²) in [4.78, 5) is 11.7. The Balaban J connectivity index is 1.16. The van der Waals surface area contributed by atoms with Crippen LogP contribution in [0.4, 0.5) is 0 Å². The first kappa shape index (κ1) is 38.4. The summed E-state index contributed by atoms with van der Waals surface area (Å²) in [6.07, 6.45) is 21.6. The molecule has 2 fully saturated rings. The lowest BCUT2D eigenvalue weighted by Crippen LogP contribution is -2.33. The number of cyclic esters (lactones) is 1. The summed E-state index contributed by atoms with van der Waals surface area (Å²) in [7, 11) is 0. The fourth-order valence-electron chi connectivity index (χ4n) is 7.29. The van der Waals surface area contributed by atoms with E-state index in [0.29, 0.717) is 31.3 Å². The second-order valence-corrected chi connectivity index (χ2v) is 14.2. The second kappa shape index (κ2) is 21.8. The van der Waals surface area contributed by atoms with Crippen LogP contribution in [-0.4, -0.2) is 81.3 Å². The number of hydrogen-bond acceptors (Lipinski definition) is 8. The van der Waals surface area contributed by atoms with Gasteiger partial charge in [-0.25, -0.2) is 4.79 Å². The van der Waals surface area contributed by atoms with Crippen molar-refractivity contribution in [2.45, 2.75) is 216 Å². The van der Waals surface area contributed by atoms with E-state index in [-0.39, 0.29) is 36.5 Å². The molecule has 9 atom stereocenters. The van der Waals surface area contributed by atoms with Crippen molar-refractivity contribution >= 4 is 5.97 Å². The number of unbranched alkanes of at least 4 members (excludes halogenated alkanes) is 11. The van der Waals surface area contributed by atoms with Crippen LogP contribution in [0.3, 0.4) is 0 Å². The maximum atomic E-state index is 11.7. The molecule has 0 bridgehead atoms. The average Bonchev–Trinajstić information content (AvgIpc) is 3.77. The molecule has 0 amide bonds. The molecular weight excluding hydrogens is 572 g/mol. The van der Waals surface area contributed by atoms with Crippen molar-refractivity contribution in [2.24, 2.45) is 0 Å². The Morgan fingerprint density at radius 2 is 1.18 bits per heavy atom. The molecule has 3 aliphatic heterocycles. The number of hydrogen-bond donors (Lipinski definition) is 4. The Kier molecular flexibility index (Phi) is 18.6. The first-order chi connectivity index (χ1) is 21.8. The van der Waals surface area contributed by atoms with Crippen LogP contribution in [0.15, 0.2) is 11.6 Å². The van der Waals surface area contributed by atoms with E-state index in [1.165, 1.54) is 38.5 Å². The van der Waals surface area contributed by atoms with Crippen molar-refractivity contribution in [3.63, 3.8) is 0 Å². The zero-order chi connectivity index (χ0) is 32.4. The van der Waals surface area contributed by atoms with Crippen LogP contribution in [0.25, 0.3) is 0 Å². The van der Waals surface area contributed by atoms with E-state index in [1.807, 2.05) is 6.92 Å². The zero-order valence-electron chi connectivity index (χ0n) is 28.5. The molecule has 0 aromatic heterocycles. The Morgan fingerprint density at radius 3 is 1.78 bits per heavy atom. The van der Waals surface area contributed by atoms with Crippen molar-refractivity contribution in [1.29, 1.82) is 0 Å². The molecular formula is C37H66O8. The van der Waals surface area contributed by atoms with Gasteiger partial charge in [0.05, 0.1) is 48.8 Å². The van der Waals surface area contributed by atoms with E-state index >= 15 is 0 Å². The Labute approximate surface area is 273 Å². The molecule has 4 N–H and O–H groups in total. The lowest BCUT2D eigenvalue weighted by atomic mass is 9.98. The number of carbonyl (C=O) groups excluding carboxylic acids is 1. The van der Waals surface area contributed by atoms with E-state index in [2.05, 4.69) is 6.92 Å². The minimum Gasteiger partial charge on any atom is -0.455 e. The number of aliphatic hydroxyl groups excluding tert-OH is 4. The van der Waals surface area contributed by atoms with E-state index < -0.39 is 24.4 Å². The van der Waals surface area contributed by atoms with Gasteiger partial charge in [0.25, 0.3) is 0 Å². The van der Waals surface area contributed by atoms with Crippen molar-refractivity contribution in [2.75, 3.05) is 0 Å². The topological polar surface area (TPSA) is 126 Å². The van der Waals surface area contributed by atoms with Gasteiger partial charge in [0.15, 0.2) is 0 Å². The molecule has 2 saturated heterocycles. The van der Waals surface area contributed by atoms with Crippen LogP contribution in [0.5, 0.6) is 0 Å². The number of esters is 1. The highest BCUT2D eigenvalue weighted by Crippen LogP contribution is 2.31. The molecule has 0 saturated carbocycles. The highest BCUT2D eigenvalue weighted by molar-refractivity contribution is 5.90. The third-order valence-electron chi connectivity index (χ3n) is 10.1. The summed E-state index contributed by atoms with van der Waals surface area (Å²) in [5.41, 5.74) is 0.600. The van der Waals surface area contributed by atoms with Crippen molar-refractivity contribution < 1.29 is 39.4 Å². The van der Waals surface area contributed by atoms with Gasteiger partial charge in [0.2, 0.25) is 0 Å². The molecule has 8 nitrogen and oxygen atoms in total. The van der Waals surface area contributed by atoms with E-state index in [9.17, 15) is 25.2 Å². The number of rotatable bonds is 25. The fourth-order valence-corrected chi connectivity index (χ4v) is 7.29. The lowest BCUT2D eigenvalue weighted by Gasteiger charge is -2.24. The van der Waals surface area contributed by atoms with Gasteiger partial charge in [-0.1, -0.05) is 90.4 Å². The van der Waals surface area contributed by atoms with Gasteiger partial charge in [-0.3, -0.25) is 0 Å². The quantitative estimate of drug-likeness (QED) is 0.0634. The summed E-state index contributed by atoms with van der Waals surface area (Å²) in [6.45, 7) is 4.07. The van der Waals surface area contributed by atoms with Gasteiger partial charge in [-0.05, 0) is 70.8 Å². The molecule has 0 aromatic carbocycles. The molecule has 0 radical (unpaired) electrons. The predicted molar refractivity (Wildman–Crippen MR) is 177 cm³/mol. The maximum Gasteiger partial charge on any atom is 0.334 e. The zero-order valence-corrected chi connectivity index (χ0v) is 28.5. The minimum atomic E-state index is -0.627. The Morgan fingerprint density at radius 1 is 0.667 bits per heavy atom. The third-order valence-corrected chi connectivity index (χ3v) is 10.1. The molecule has 8 heteroatoms.